The molecule has 4 heteroatoms. The third kappa shape index (κ3) is 4.26. The number of amides is 1. The van der Waals surface area contributed by atoms with Crippen LogP contribution >= 0.6 is 11.6 Å². The Morgan fingerprint density at radius 3 is 2.32 bits per heavy atom. The lowest BCUT2D eigenvalue weighted by molar-refractivity contribution is 0.102. The van der Waals surface area contributed by atoms with E-state index in [2.05, 4.69) is 22.4 Å². The van der Waals surface area contributed by atoms with E-state index < -0.39 is 0 Å². The van der Waals surface area contributed by atoms with Gasteiger partial charge in [0.1, 0.15) is 0 Å². The first kappa shape index (κ1) is 18.7. The van der Waals surface area contributed by atoms with Crippen LogP contribution in [0.25, 0.3) is 11.3 Å². The first-order chi connectivity index (χ1) is 13.7. The number of pyridine rings is 1. The van der Waals surface area contributed by atoms with E-state index in [1.54, 1.807) is 24.4 Å². The standard InChI is InChI=1S/C24H23ClN2O/c25-22-7-4-16-26-23(22)19-8-10-20(11-9-19)24(28)27-21-14-12-18(13-15-21)17-5-2-1-3-6-17/h4,7-17H,1-3,5-6H2,(H,27,28). The zero-order valence-corrected chi connectivity index (χ0v) is 16.5. The van der Waals surface area contributed by atoms with Gasteiger partial charge in [0.25, 0.3) is 5.91 Å². The van der Waals surface area contributed by atoms with Crippen LogP contribution in [0.1, 0.15) is 53.9 Å². The van der Waals surface area contributed by atoms with Crippen molar-refractivity contribution in [3.8, 4) is 11.3 Å². The molecule has 1 aromatic heterocycles. The number of halogens is 1. The summed E-state index contributed by atoms with van der Waals surface area (Å²) in [5.41, 5.74) is 4.41. The van der Waals surface area contributed by atoms with E-state index in [0.717, 1.165) is 16.9 Å². The normalized spacial score (nSPS) is 14.6. The van der Waals surface area contributed by atoms with Crippen LogP contribution in [0.15, 0.2) is 66.9 Å². The Balaban J connectivity index is 1.43. The molecule has 0 aliphatic heterocycles. The number of anilines is 1. The molecule has 2 aromatic carbocycles. The molecule has 1 aliphatic rings. The van der Waals surface area contributed by atoms with Crippen molar-refractivity contribution in [3.05, 3.63) is 83.0 Å². The van der Waals surface area contributed by atoms with Crippen molar-refractivity contribution in [3.63, 3.8) is 0 Å². The molecule has 1 heterocycles. The molecule has 4 rings (SSSR count). The lowest BCUT2D eigenvalue weighted by atomic mass is 9.84. The second kappa shape index (κ2) is 8.57. The summed E-state index contributed by atoms with van der Waals surface area (Å²) >= 11 is 6.20. The van der Waals surface area contributed by atoms with E-state index >= 15 is 0 Å². The summed E-state index contributed by atoms with van der Waals surface area (Å²) in [6, 6.07) is 19.3. The van der Waals surface area contributed by atoms with Crippen molar-refractivity contribution in [2.45, 2.75) is 38.0 Å². The molecule has 3 nitrogen and oxygen atoms in total. The van der Waals surface area contributed by atoms with Crippen molar-refractivity contribution in [1.82, 2.24) is 4.98 Å². The lowest BCUT2D eigenvalue weighted by Crippen LogP contribution is -2.12. The molecule has 1 saturated carbocycles. The Kier molecular flexibility index (Phi) is 5.73. The van der Waals surface area contributed by atoms with Crippen LogP contribution < -0.4 is 5.32 Å². The summed E-state index contributed by atoms with van der Waals surface area (Å²) in [6.07, 6.45) is 8.26. The number of nitrogens with zero attached hydrogens (tertiary/aromatic N) is 1. The molecule has 1 aliphatic carbocycles. The van der Waals surface area contributed by atoms with Gasteiger partial charge in [0.05, 0.1) is 10.7 Å². The molecule has 3 aromatic rings. The van der Waals surface area contributed by atoms with Crippen molar-refractivity contribution in [1.29, 1.82) is 0 Å². The van der Waals surface area contributed by atoms with Crippen LogP contribution in [0.4, 0.5) is 5.69 Å². The molecular formula is C24H23ClN2O. The minimum Gasteiger partial charge on any atom is -0.322 e. The summed E-state index contributed by atoms with van der Waals surface area (Å²) in [4.78, 5) is 16.9. The summed E-state index contributed by atoms with van der Waals surface area (Å²) < 4.78 is 0. The van der Waals surface area contributed by atoms with Gasteiger partial charge >= 0.3 is 0 Å². The molecule has 0 atom stereocenters. The highest BCUT2D eigenvalue weighted by Gasteiger charge is 2.15. The highest BCUT2D eigenvalue weighted by Crippen LogP contribution is 2.33. The van der Waals surface area contributed by atoms with Crippen molar-refractivity contribution >= 4 is 23.2 Å². The number of hydrogen-bond donors (Lipinski definition) is 1. The maximum atomic E-state index is 12.6. The first-order valence-corrected chi connectivity index (χ1v) is 10.2. The molecule has 0 saturated heterocycles. The van der Waals surface area contributed by atoms with Gasteiger partial charge in [0.15, 0.2) is 0 Å². The SMILES string of the molecule is O=C(Nc1ccc(C2CCCCC2)cc1)c1ccc(-c2ncccc2Cl)cc1. The van der Waals surface area contributed by atoms with Crippen LogP contribution in [0.3, 0.4) is 0 Å². The number of hydrogen-bond acceptors (Lipinski definition) is 2. The van der Waals surface area contributed by atoms with Crippen molar-refractivity contribution < 1.29 is 4.79 Å². The van der Waals surface area contributed by atoms with Gasteiger partial charge in [-0.3, -0.25) is 9.78 Å². The van der Waals surface area contributed by atoms with Crippen molar-refractivity contribution in [2.75, 3.05) is 5.32 Å². The smallest absolute Gasteiger partial charge is 0.255 e. The summed E-state index contributed by atoms with van der Waals surface area (Å²) in [6.45, 7) is 0. The number of aromatic nitrogens is 1. The minimum atomic E-state index is -0.121. The predicted octanol–water partition coefficient (Wildman–Crippen LogP) is 6.70. The molecule has 0 bridgehead atoms. The van der Waals surface area contributed by atoms with E-state index in [1.807, 2.05) is 30.3 Å². The van der Waals surface area contributed by atoms with E-state index in [9.17, 15) is 4.79 Å². The molecule has 0 unspecified atom stereocenters. The third-order valence-corrected chi connectivity index (χ3v) is 5.73. The van der Waals surface area contributed by atoms with Crippen molar-refractivity contribution in [2.24, 2.45) is 0 Å². The molecule has 142 valence electrons. The maximum absolute atomic E-state index is 12.6. The minimum absolute atomic E-state index is 0.121. The van der Waals surface area contributed by atoms with Crippen LogP contribution in [-0.4, -0.2) is 10.9 Å². The average molecular weight is 391 g/mol. The lowest BCUT2D eigenvalue weighted by Gasteiger charge is -2.22. The van der Waals surface area contributed by atoms with E-state index in [0.29, 0.717) is 16.5 Å². The Morgan fingerprint density at radius 2 is 1.64 bits per heavy atom. The summed E-state index contributed by atoms with van der Waals surface area (Å²) in [5, 5.41) is 3.57. The van der Waals surface area contributed by atoms with Gasteiger partial charge in [-0.2, -0.15) is 0 Å². The van der Waals surface area contributed by atoms with Gasteiger partial charge in [-0.05, 0) is 60.7 Å². The molecule has 1 N–H and O–H groups in total. The Labute approximate surface area is 170 Å². The zero-order chi connectivity index (χ0) is 19.3. The fourth-order valence-corrected chi connectivity index (χ4v) is 4.09. The Bertz CT molecular complexity index is 945. The monoisotopic (exact) mass is 390 g/mol. The second-order valence-corrected chi connectivity index (χ2v) is 7.73. The van der Waals surface area contributed by atoms with E-state index in [4.69, 9.17) is 11.6 Å². The molecule has 1 fully saturated rings. The summed E-state index contributed by atoms with van der Waals surface area (Å²) in [5.74, 6) is 0.550. The average Bonchev–Trinajstić information content (AvgIpc) is 2.75. The summed E-state index contributed by atoms with van der Waals surface area (Å²) in [7, 11) is 0. The molecule has 28 heavy (non-hydrogen) atoms. The highest BCUT2D eigenvalue weighted by atomic mass is 35.5. The molecule has 0 radical (unpaired) electrons. The number of carbonyl (C=O) groups excluding carboxylic acids is 1. The Hall–Kier alpha value is -2.65. The largest absolute Gasteiger partial charge is 0.322 e. The molecule has 0 spiro atoms. The van der Waals surface area contributed by atoms with Crippen LogP contribution in [0, 0.1) is 0 Å². The fraction of sp³-hybridized carbons (Fsp3) is 0.250. The third-order valence-electron chi connectivity index (χ3n) is 5.42. The van der Waals surface area contributed by atoms with Gasteiger partial charge in [0.2, 0.25) is 0 Å². The number of nitrogens with one attached hydrogen (secondary N) is 1. The topological polar surface area (TPSA) is 42.0 Å². The van der Waals surface area contributed by atoms with E-state index in [1.165, 1.54) is 37.7 Å². The predicted molar refractivity (Wildman–Crippen MR) is 115 cm³/mol. The maximum Gasteiger partial charge on any atom is 0.255 e. The number of rotatable bonds is 4. The van der Waals surface area contributed by atoms with Gasteiger partial charge in [0, 0.05) is 23.0 Å². The molecule has 1 amide bonds. The van der Waals surface area contributed by atoms with Gasteiger partial charge < -0.3 is 5.32 Å². The highest BCUT2D eigenvalue weighted by molar-refractivity contribution is 6.33. The molecular weight excluding hydrogens is 368 g/mol. The fourth-order valence-electron chi connectivity index (χ4n) is 3.86. The van der Waals surface area contributed by atoms with Crippen LogP contribution in [0.5, 0.6) is 0 Å². The number of carbonyl (C=O) groups is 1. The second-order valence-electron chi connectivity index (χ2n) is 7.32. The first-order valence-electron chi connectivity index (χ1n) is 9.83. The zero-order valence-electron chi connectivity index (χ0n) is 15.7. The van der Waals surface area contributed by atoms with Gasteiger partial charge in [-0.25, -0.2) is 0 Å². The number of benzene rings is 2. The Morgan fingerprint density at radius 1 is 0.929 bits per heavy atom. The van der Waals surface area contributed by atoms with E-state index in [-0.39, 0.29) is 5.91 Å². The van der Waals surface area contributed by atoms with Gasteiger partial charge in [-0.1, -0.05) is 55.1 Å². The van der Waals surface area contributed by atoms with Gasteiger partial charge in [-0.15, -0.1) is 0 Å². The van der Waals surface area contributed by atoms with Crippen LogP contribution in [-0.2, 0) is 0 Å². The van der Waals surface area contributed by atoms with Crippen LogP contribution in [0.2, 0.25) is 5.02 Å². The quantitative estimate of drug-likeness (QED) is 0.538.